The first-order chi connectivity index (χ1) is 10.2. The molecule has 0 radical (unpaired) electrons. The molecule has 0 unspecified atom stereocenters. The first-order valence-electron chi connectivity index (χ1n) is 8.07. The summed E-state index contributed by atoms with van der Waals surface area (Å²) in [5.74, 6) is 2.65. The molecule has 1 saturated carbocycles. The Morgan fingerprint density at radius 3 is 2.19 bits per heavy atom. The fourth-order valence-corrected chi connectivity index (χ4v) is 3.21. The standard InChI is InChI=1S/C20H24O/c1-15-8-11-18(12-9-15)21-20-14-16(2)10-13-19(20)17-6-4-3-5-7-17/h8-14,17H,3-7H2,1-2H3. The molecule has 110 valence electrons. The van der Waals surface area contributed by atoms with E-state index in [9.17, 15) is 0 Å². The van der Waals surface area contributed by atoms with Gasteiger partial charge in [0.15, 0.2) is 0 Å². The van der Waals surface area contributed by atoms with Gasteiger partial charge in [-0.1, -0.05) is 49.1 Å². The minimum Gasteiger partial charge on any atom is -0.457 e. The van der Waals surface area contributed by atoms with Crippen molar-refractivity contribution in [3.05, 3.63) is 59.2 Å². The van der Waals surface area contributed by atoms with Crippen molar-refractivity contribution in [3.8, 4) is 11.5 Å². The van der Waals surface area contributed by atoms with Gasteiger partial charge in [-0.25, -0.2) is 0 Å². The molecule has 1 nitrogen and oxygen atoms in total. The van der Waals surface area contributed by atoms with E-state index < -0.39 is 0 Å². The second-order valence-corrected chi connectivity index (χ2v) is 6.29. The Kier molecular flexibility index (Phi) is 4.28. The smallest absolute Gasteiger partial charge is 0.131 e. The van der Waals surface area contributed by atoms with E-state index in [1.807, 2.05) is 0 Å². The molecule has 0 bridgehead atoms. The summed E-state index contributed by atoms with van der Waals surface area (Å²) in [7, 11) is 0. The van der Waals surface area contributed by atoms with Gasteiger partial charge in [-0.2, -0.15) is 0 Å². The van der Waals surface area contributed by atoms with Crippen LogP contribution >= 0.6 is 0 Å². The van der Waals surface area contributed by atoms with Crippen LogP contribution in [0.2, 0.25) is 0 Å². The molecule has 0 aliphatic heterocycles. The monoisotopic (exact) mass is 280 g/mol. The number of benzene rings is 2. The number of rotatable bonds is 3. The molecule has 2 aromatic carbocycles. The van der Waals surface area contributed by atoms with Gasteiger partial charge in [0.1, 0.15) is 11.5 Å². The molecular formula is C20H24O. The van der Waals surface area contributed by atoms with Crippen LogP contribution in [0.4, 0.5) is 0 Å². The van der Waals surface area contributed by atoms with E-state index in [2.05, 4.69) is 56.3 Å². The van der Waals surface area contributed by atoms with Crippen molar-refractivity contribution in [3.63, 3.8) is 0 Å². The summed E-state index contributed by atoms with van der Waals surface area (Å²) in [4.78, 5) is 0. The third-order valence-electron chi connectivity index (χ3n) is 4.46. The highest BCUT2D eigenvalue weighted by Crippen LogP contribution is 2.39. The molecule has 0 heterocycles. The van der Waals surface area contributed by atoms with Crippen molar-refractivity contribution in [2.75, 3.05) is 0 Å². The molecule has 1 aliphatic carbocycles. The van der Waals surface area contributed by atoms with E-state index in [1.54, 1.807) is 0 Å². The highest BCUT2D eigenvalue weighted by atomic mass is 16.5. The van der Waals surface area contributed by atoms with Crippen molar-refractivity contribution >= 4 is 0 Å². The summed E-state index contributed by atoms with van der Waals surface area (Å²) < 4.78 is 6.20. The molecular weight excluding hydrogens is 256 g/mol. The van der Waals surface area contributed by atoms with E-state index in [-0.39, 0.29) is 0 Å². The zero-order valence-electron chi connectivity index (χ0n) is 13.1. The summed E-state index contributed by atoms with van der Waals surface area (Å²) in [6.07, 6.45) is 6.68. The third kappa shape index (κ3) is 3.47. The van der Waals surface area contributed by atoms with Crippen molar-refractivity contribution in [2.45, 2.75) is 51.9 Å². The fraction of sp³-hybridized carbons (Fsp3) is 0.400. The van der Waals surface area contributed by atoms with E-state index in [0.29, 0.717) is 5.92 Å². The maximum absolute atomic E-state index is 6.20. The average molecular weight is 280 g/mol. The van der Waals surface area contributed by atoms with Crippen LogP contribution in [0.3, 0.4) is 0 Å². The van der Waals surface area contributed by atoms with E-state index in [1.165, 1.54) is 48.8 Å². The Labute approximate surface area is 128 Å². The summed E-state index contributed by atoms with van der Waals surface area (Å²) in [5.41, 5.74) is 3.91. The van der Waals surface area contributed by atoms with Crippen LogP contribution in [-0.2, 0) is 0 Å². The lowest BCUT2D eigenvalue weighted by Gasteiger charge is -2.24. The molecule has 1 heteroatoms. The molecule has 21 heavy (non-hydrogen) atoms. The molecule has 0 amide bonds. The van der Waals surface area contributed by atoms with Gasteiger partial charge in [0.05, 0.1) is 0 Å². The normalized spacial score (nSPS) is 15.9. The minimum atomic E-state index is 0.666. The molecule has 0 spiro atoms. The fourth-order valence-electron chi connectivity index (χ4n) is 3.21. The second-order valence-electron chi connectivity index (χ2n) is 6.29. The lowest BCUT2D eigenvalue weighted by molar-refractivity contribution is 0.418. The Morgan fingerprint density at radius 1 is 0.810 bits per heavy atom. The van der Waals surface area contributed by atoms with Gasteiger partial charge in [0.25, 0.3) is 0 Å². The van der Waals surface area contributed by atoms with Crippen LogP contribution in [0.25, 0.3) is 0 Å². The zero-order valence-corrected chi connectivity index (χ0v) is 13.1. The highest BCUT2D eigenvalue weighted by Gasteiger charge is 2.19. The second kappa shape index (κ2) is 6.34. The molecule has 0 N–H and O–H groups in total. The summed E-state index contributed by atoms with van der Waals surface area (Å²) in [6.45, 7) is 4.23. The molecule has 2 aromatic rings. The SMILES string of the molecule is Cc1ccc(Oc2cc(C)ccc2C2CCCCC2)cc1. The van der Waals surface area contributed by atoms with Gasteiger partial charge in [-0.3, -0.25) is 0 Å². The largest absolute Gasteiger partial charge is 0.457 e. The van der Waals surface area contributed by atoms with Crippen molar-refractivity contribution < 1.29 is 4.74 Å². The maximum atomic E-state index is 6.20. The van der Waals surface area contributed by atoms with Gasteiger partial charge in [0.2, 0.25) is 0 Å². The van der Waals surface area contributed by atoms with Gasteiger partial charge in [-0.05, 0) is 61.9 Å². The van der Waals surface area contributed by atoms with Crippen molar-refractivity contribution in [1.29, 1.82) is 0 Å². The molecule has 1 fully saturated rings. The molecule has 3 rings (SSSR count). The molecule has 0 aromatic heterocycles. The van der Waals surface area contributed by atoms with Crippen LogP contribution < -0.4 is 4.74 Å². The first kappa shape index (κ1) is 14.2. The van der Waals surface area contributed by atoms with Gasteiger partial charge >= 0.3 is 0 Å². The quantitative estimate of drug-likeness (QED) is 0.655. The summed E-state index contributed by atoms with van der Waals surface area (Å²) in [5, 5.41) is 0. The number of hydrogen-bond donors (Lipinski definition) is 0. The van der Waals surface area contributed by atoms with Crippen LogP contribution in [-0.4, -0.2) is 0 Å². The summed E-state index contributed by atoms with van der Waals surface area (Å²) >= 11 is 0. The Balaban J connectivity index is 1.88. The predicted octanol–water partition coefficient (Wildman–Crippen LogP) is 6.14. The number of hydrogen-bond acceptors (Lipinski definition) is 1. The first-order valence-corrected chi connectivity index (χ1v) is 8.07. The van der Waals surface area contributed by atoms with E-state index in [0.717, 1.165) is 11.5 Å². The average Bonchev–Trinajstić information content (AvgIpc) is 2.51. The van der Waals surface area contributed by atoms with Crippen LogP contribution in [0, 0.1) is 13.8 Å². The predicted molar refractivity (Wildman–Crippen MR) is 88.3 cm³/mol. The van der Waals surface area contributed by atoms with Gasteiger partial charge in [-0.15, -0.1) is 0 Å². The Bertz CT molecular complexity index is 592. The lowest BCUT2D eigenvalue weighted by Crippen LogP contribution is -2.06. The number of ether oxygens (including phenoxy) is 1. The minimum absolute atomic E-state index is 0.666. The Hall–Kier alpha value is -1.76. The van der Waals surface area contributed by atoms with Crippen LogP contribution in [0.15, 0.2) is 42.5 Å². The number of aryl methyl sites for hydroxylation is 2. The van der Waals surface area contributed by atoms with Crippen molar-refractivity contribution in [1.82, 2.24) is 0 Å². The van der Waals surface area contributed by atoms with Crippen LogP contribution in [0.5, 0.6) is 11.5 Å². The Morgan fingerprint density at radius 2 is 1.48 bits per heavy atom. The highest BCUT2D eigenvalue weighted by molar-refractivity contribution is 5.43. The van der Waals surface area contributed by atoms with Crippen LogP contribution in [0.1, 0.15) is 54.7 Å². The molecule has 1 aliphatic rings. The van der Waals surface area contributed by atoms with Gasteiger partial charge in [0, 0.05) is 0 Å². The topological polar surface area (TPSA) is 9.23 Å². The third-order valence-corrected chi connectivity index (χ3v) is 4.46. The van der Waals surface area contributed by atoms with Gasteiger partial charge < -0.3 is 4.74 Å². The van der Waals surface area contributed by atoms with E-state index in [4.69, 9.17) is 4.74 Å². The molecule has 0 atom stereocenters. The van der Waals surface area contributed by atoms with E-state index >= 15 is 0 Å². The molecule has 0 saturated heterocycles. The van der Waals surface area contributed by atoms with Crippen molar-refractivity contribution in [2.24, 2.45) is 0 Å². The maximum Gasteiger partial charge on any atom is 0.131 e. The lowest BCUT2D eigenvalue weighted by atomic mass is 9.83. The zero-order chi connectivity index (χ0) is 14.7. The summed E-state index contributed by atoms with van der Waals surface area (Å²) in [6, 6.07) is 15.0.